The SMILES string of the molecule is COc1ccc(CN(C(=O)Cc2ccc(Cl)cc2)[C@H](C(=O)NCCC2=CCCCC2)c2ccccc2)cc1. The number of halogens is 1. The largest absolute Gasteiger partial charge is 0.497 e. The van der Waals surface area contributed by atoms with Gasteiger partial charge in [0.1, 0.15) is 11.8 Å². The number of ether oxygens (including phenoxy) is 1. The van der Waals surface area contributed by atoms with Crippen LogP contribution in [0.2, 0.25) is 5.02 Å². The maximum absolute atomic E-state index is 13.8. The number of methoxy groups -OCH3 is 1. The summed E-state index contributed by atoms with van der Waals surface area (Å²) in [6.07, 6.45) is 7.96. The molecule has 3 aromatic rings. The van der Waals surface area contributed by atoms with Gasteiger partial charge in [-0.05, 0) is 73.1 Å². The number of benzene rings is 3. The van der Waals surface area contributed by atoms with Crippen molar-refractivity contribution in [2.45, 2.75) is 51.1 Å². The first-order chi connectivity index (χ1) is 18.5. The van der Waals surface area contributed by atoms with Crippen LogP contribution >= 0.6 is 11.6 Å². The highest BCUT2D eigenvalue weighted by Crippen LogP contribution is 2.26. The number of carbonyl (C=O) groups excluding carboxylic acids is 2. The molecule has 0 aliphatic heterocycles. The van der Waals surface area contributed by atoms with E-state index in [9.17, 15) is 9.59 Å². The summed E-state index contributed by atoms with van der Waals surface area (Å²) in [6.45, 7) is 0.838. The zero-order valence-corrected chi connectivity index (χ0v) is 22.6. The molecule has 3 aromatic carbocycles. The van der Waals surface area contributed by atoms with Crippen LogP contribution in [0.25, 0.3) is 0 Å². The molecule has 0 unspecified atom stereocenters. The van der Waals surface area contributed by atoms with E-state index in [2.05, 4.69) is 11.4 Å². The predicted molar refractivity (Wildman–Crippen MR) is 152 cm³/mol. The van der Waals surface area contributed by atoms with Gasteiger partial charge in [0.15, 0.2) is 0 Å². The topological polar surface area (TPSA) is 58.6 Å². The number of amides is 2. The van der Waals surface area contributed by atoms with Gasteiger partial charge in [-0.1, -0.05) is 77.8 Å². The monoisotopic (exact) mass is 530 g/mol. The summed E-state index contributed by atoms with van der Waals surface area (Å²) >= 11 is 6.06. The highest BCUT2D eigenvalue weighted by molar-refractivity contribution is 6.30. The third-order valence-electron chi connectivity index (χ3n) is 6.91. The van der Waals surface area contributed by atoms with Crippen molar-refractivity contribution in [2.75, 3.05) is 13.7 Å². The number of hydrogen-bond donors (Lipinski definition) is 1. The zero-order valence-electron chi connectivity index (χ0n) is 21.9. The van der Waals surface area contributed by atoms with Gasteiger partial charge in [-0.3, -0.25) is 9.59 Å². The molecule has 2 amide bonds. The first-order valence-corrected chi connectivity index (χ1v) is 13.6. The summed E-state index contributed by atoms with van der Waals surface area (Å²) in [5, 5.41) is 3.74. The fraction of sp³-hybridized carbons (Fsp3) is 0.312. The average molecular weight is 531 g/mol. The summed E-state index contributed by atoms with van der Waals surface area (Å²) in [7, 11) is 1.62. The van der Waals surface area contributed by atoms with Gasteiger partial charge in [-0.25, -0.2) is 0 Å². The van der Waals surface area contributed by atoms with Gasteiger partial charge in [0, 0.05) is 18.1 Å². The fourth-order valence-corrected chi connectivity index (χ4v) is 4.94. The lowest BCUT2D eigenvalue weighted by Gasteiger charge is -2.32. The van der Waals surface area contributed by atoms with Crippen LogP contribution in [-0.2, 0) is 22.6 Å². The van der Waals surface area contributed by atoms with E-state index < -0.39 is 6.04 Å². The predicted octanol–water partition coefficient (Wildman–Crippen LogP) is 6.67. The van der Waals surface area contributed by atoms with E-state index in [0.29, 0.717) is 11.6 Å². The van der Waals surface area contributed by atoms with Crippen molar-refractivity contribution in [3.63, 3.8) is 0 Å². The first kappa shape index (κ1) is 27.5. The molecule has 6 heteroatoms. The zero-order chi connectivity index (χ0) is 26.7. The Kier molecular flexibility index (Phi) is 9.99. The Morgan fingerprint density at radius 3 is 2.32 bits per heavy atom. The van der Waals surface area contributed by atoms with Crippen LogP contribution in [0.3, 0.4) is 0 Å². The van der Waals surface area contributed by atoms with Crippen LogP contribution in [0.4, 0.5) is 0 Å². The minimum atomic E-state index is -0.765. The molecule has 5 nitrogen and oxygen atoms in total. The van der Waals surface area contributed by atoms with E-state index in [0.717, 1.165) is 41.7 Å². The lowest BCUT2D eigenvalue weighted by atomic mass is 9.97. The van der Waals surface area contributed by atoms with Gasteiger partial charge in [0.25, 0.3) is 0 Å². The van der Waals surface area contributed by atoms with Crippen LogP contribution < -0.4 is 10.1 Å². The van der Waals surface area contributed by atoms with Crippen molar-refractivity contribution in [1.29, 1.82) is 0 Å². The third kappa shape index (κ3) is 7.72. The normalized spacial score (nSPS) is 13.8. The fourth-order valence-electron chi connectivity index (χ4n) is 4.81. The molecule has 0 fully saturated rings. The lowest BCUT2D eigenvalue weighted by Crippen LogP contribution is -2.44. The van der Waals surface area contributed by atoms with Gasteiger partial charge >= 0.3 is 0 Å². The first-order valence-electron chi connectivity index (χ1n) is 13.2. The van der Waals surface area contributed by atoms with Crippen LogP contribution in [0.5, 0.6) is 5.75 Å². The van der Waals surface area contributed by atoms with Gasteiger partial charge in [-0.2, -0.15) is 0 Å². The molecule has 1 N–H and O–H groups in total. The minimum Gasteiger partial charge on any atom is -0.497 e. The Morgan fingerprint density at radius 2 is 1.66 bits per heavy atom. The maximum atomic E-state index is 13.8. The van der Waals surface area contributed by atoms with Crippen molar-refractivity contribution in [3.05, 3.63) is 112 Å². The summed E-state index contributed by atoms with van der Waals surface area (Å²) in [6, 6.07) is 23.6. The summed E-state index contributed by atoms with van der Waals surface area (Å²) in [5.74, 6) is 0.426. The molecule has 1 atom stereocenters. The molecule has 0 bridgehead atoms. The third-order valence-corrected chi connectivity index (χ3v) is 7.16. The molecule has 38 heavy (non-hydrogen) atoms. The van der Waals surface area contributed by atoms with Gasteiger partial charge in [0.05, 0.1) is 13.5 Å². The highest BCUT2D eigenvalue weighted by atomic mass is 35.5. The number of nitrogens with zero attached hydrogens (tertiary/aromatic N) is 1. The van der Waals surface area contributed by atoms with Crippen molar-refractivity contribution in [2.24, 2.45) is 0 Å². The molecule has 0 spiro atoms. The quantitative estimate of drug-likeness (QED) is 0.282. The van der Waals surface area contributed by atoms with Crippen LogP contribution in [0, 0.1) is 0 Å². The number of carbonyl (C=O) groups is 2. The van der Waals surface area contributed by atoms with Crippen LogP contribution in [-0.4, -0.2) is 30.4 Å². The number of hydrogen-bond acceptors (Lipinski definition) is 3. The molecule has 198 valence electrons. The van der Waals surface area contributed by atoms with E-state index in [1.165, 1.54) is 18.4 Å². The van der Waals surface area contributed by atoms with E-state index in [1.807, 2.05) is 66.7 Å². The smallest absolute Gasteiger partial charge is 0.247 e. The van der Waals surface area contributed by atoms with E-state index >= 15 is 0 Å². The van der Waals surface area contributed by atoms with Crippen molar-refractivity contribution >= 4 is 23.4 Å². The highest BCUT2D eigenvalue weighted by Gasteiger charge is 2.31. The number of nitrogens with one attached hydrogen (secondary N) is 1. The number of rotatable bonds is 11. The second-order valence-corrected chi connectivity index (χ2v) is 10.1. The second kappa shape index (κ2) is 13.8. The maximum Gasteiger partial charge on any atom is 0.247 e. The van der Waals surface area contributed by atoms with Crippen LogP contribution in [0.15, 0.2) is 90.5 Å². The molecular weight excluding hydrogens is 496 g/mol. The van der Waals surface area contributed by atoms with Crippen LogP contribution in [0.1, 0.15) is 54.8 Å². The molecule has 0 radical (unpaired) electrons. The molecular formula is C32H35ClN2O3. The Bertz CT molecular complexity index is 1220. The summed E-state index contributed by atoms with van der Waals surface area (Å²) in [5.41, 5.74) is 3.94. The Balaban J connectivity index is 1.61. The lowest BCUT2D eigenvalue weighted by molar-refractivity contribution is -0.141. The Labute approximate surface area is 230 Å². The van der Waals surface area contributed by atoms with E-state index in [1.54, 1.807) is 24.1 Å². The van der Waals surface area contributed by atoms with E-state index in [4.69, 9.17) is 16.3 Å². The van der Waals surface area contributed by atoms with Gasteiger partial charge < -0.3 is 15.0 Å². The van der Waals surface area contributed by atoms with Gasteiger partial charge in [0.2, 0.25) is 11.8 Å². The van der Waals surface area contributed by atoms with Gasteiger partial charge in [-0.15, -0.1) is 0 Å². The molecule has 0 aromatic heterocycles. The molecule has 1 aliphatic rings. The minimum absolute atomic E-state index is 0.137. The van der Waals surface area contributed by atoms with Crippen molar-refractivity contribution in [1.82, 2.24) is 10.2 Å². The second-order valence-electron chi connectivity index (χ2n) is 9.64. The van der Waals surface area contributed by atoms with Crippen molar-refractivity contribution in [3.8, 4) is 5.75 Å². The Morgan fingerprint density at radius 1 is 0.947 bits per heavy atom. The summed E-state index contributed by atoms with van der Waals surface area (Å²) in [4.78, 5) is 29.3. The molecule has 1 aliphatic carbocycles. The Hall–Kier alpha value is -3.57. The molecule has 0 heterocycles. The molecule has 0 saturated heterocycles. The summed E-state index contributed by atoms with van der Waals surface area (Å²) < 4.78 is 5.30. The average Bonchev–Trinajstić information content (AvgIpc) is 2.95. The molecule has 0 saturated carbocycles. The van der Waals surface area contributed by atoms with E-state index in [-0.39, 0.29) is 24.8 Å². The van der Waals surface area contributed by atoms with Crippen molar-refractivity contribution < 1.29 is 14.3 Å². The number of allylic oxidation sites excluding steroid dienone is 1. The molecule has 4 rings (SSSR count). The standard InChI is InChI=1S/C32H35ClN2O3/c1-38-29-18-14-26(15-19-29)23-35(30(36)22-25-12-16-28(33)17-13-25)31(27-10-6-3-7-11-27)32(37)34-21-20-24-8-4-2-5-9-24/h3,6-8,10-19,31H,2,4-5,9,20-23H2,1H3,(H,34,37)/t31-/m0/s1.